The van der Waals surface area contributed by atoms with Gasteiger partial charge in [0.05, 0.1) is 6.61 Å². The van der Waals surface area contributed by atoms with Gasteiger partial charge in [-0.3, -0.25) is 0 Å². The molecule has 0 unspecified atom stereocenters. The predicted octanol–water partition coefficient (Wildman–Crippen LogP) is 1.27. The molecule has 0 atom stereocenters. The molecule has 1 heterocycles. The number of hydrogen-bond donors (Lipinski definition) is 2. The Morgan fingerprint density at radius 2 is 2.11 bits per heavy atom. The van der Waals surface area contributed by atoms with Gasteiger partial charge < -0.3 is 15.8 Å². The molecular weight excluding hydrogens is 249 g/mol. The minimum Gasteiger partial charge on any atom is -0.380 e. The standard InChI is InChI=1S/C10H15F3N4O/c11-10(12,13)8-2-5-16-9(17-8)15-4-1-6-18-7-3-14/h2,5H,1,3-4,6-7,14H2,(H,15,16,17). The van der Waals surface area contributed by atoms with Crippen LogP contribution in [0, 0.1) is 0 Å². The molecule has 0 saturated heterocycles. The third kappa shape index (κ3) is 5.28. The summed E-state index contributed by atoms with van der Waals surface area (Å²) in [6, 6.07) is 0.829. The summed E-state index contributed by atoms with van der Waals surface area (Å²) in [4.78, 5) is 7.07. The molecule has 0 fully saturated rings. The molecule has 3 N–H and O–H groups in total. The first-order valence-electron chi connectivity index (χ1n) is 5.46. The van der Waals surface area contributed by atoms with Gasteiger partial charge in [0.2, 0.25) is 5.95 Å². The molecule has 102 valence electrons. The summed E-state index contributed by atoms with van der Waals surface area (Å²) >= 11 is 0. The van der Waals surface area contributed by atoms with Gasteiger partial charge in [-0.15, -0.1) is 0 Å². The summed E-state index contributed by atoms with van der Waals surface area (Å²) in [5, 5.41) is 2.70. The summed E-state index contributed by atoms with van der Waals surface area (Å²) in [6.07, 6.45) is -2.74. The molecule has 0 aliphatic carbocycles. The van der Waals surface area contributed by atoms with Crippen molar-refractivity contribution in [1.29, 1.82) is 0 Å². The van der Waals surface area contributed by atoms with Crippen molar-refractivity contribution < 1.29 is 17.9 Å². The number of nitrogens with two attached hydrogens (primary N) is 1. The number of halogens is 3. The van der Waals surface area contributed by atoms with E-state index in [9.17, 15) is 13.2 Å². The smallest absolute Gasteiger partial charge is 0.380 e. The molecule has 0 aliphatic heterocycles. The molecule has 0 aliphatic rings. The van der Waals surface area contributed by atoms with E-state index in [0.717, 1.165) is 12.3 Å². The van der Waals surface area contributed by atoms with Crippen molar-refractivity contribution in [2.75, 3.05) is 31.6 Å². The van der Waals surface area contributed by atoms with Crippen LogP contribution in [0.5, 0.6) is 0 Å². The first-order valence-corrected chi connectivity index (χ1v) is 5.46. The average Bonchev–Trinajstić information content (AvgIpc) is 2.33. The van der Waals surface area contributed by atoms with E-state index in [1.54, 1.807) is 0 Å². The molecule has 8 heteroatoms. The zero-order valence-corrected chi connectivity index (χ0v) is 9.70. The summed E-state index contributed by atoms with van der Waals surface area (Å²) in [6.45, 7) is 1.85. The molecule has 0 bridgehead atoms. The molecule has 0 saturated carbocycles. The monoisotopic (exact) mass is 264 g/mol. The molecule has 1 aromatic rings. The minimum absolute atomic E-state index is 0.0383. The number of aromatic nitrogens is 2. The van der Waals surface area contributed by atoms with Crippen LogP contribution in [0.3, 0.4) is 0 Å². The van der Waals surface area contributed by atoms with Crippen LogP contribution in [0.4, 0.5) is 19.1 Å². The zero-order valence-electron chi connectivity index (χ0n) is 9.70. The van der Waals surface area contributed by atoms with Gasteiger partial charge in [0.15, 0.2) is 0 Å². The molecule has 0 amide bonds. The van der Waals surface area contributed by atoms with Gasteiger partial charge in [0.25, 0.3) is 0 Å². The SMILES string of the molecule is NCCOCCCNc1nccc(C(F)(F)F)n1. The maximum atomic E-state index is 12.3. The lowest BCUT2D eigenvalue weighted by atomic mass is 10.4. The first kappa shape index (κ1) is 14.7. The molecular formula is C10H15F3N4O. The van der Waals surface area contributed by atoms with E-state index >= 15 is 0 Å². The van der Waals surface area contributed by atoms with Gasteiger partial charge in [-0.1, -0.05) is 0 Å². The van der Waals surface area contributed by atoms with E-state index < -0.39 is 11.9 Å². The average molecular weight is 264 g/mol. The number of nitrogens with one attached hydrogen (secondary N) is 1. The predicted molar refractivity (Wildman–Crippen MR) is 60.0 cm³/mol. The third-order valence-corrected chi connectivity index (χ3v) is 1.96. The Morgan fingerprint density at radius 3 is 2.78 bits per heavy atom. The van der Waals surface area contributed by atoms with Gasteiger partial charge in [0.1, 0.15) is 5.69 Å². The highest BCUT2D eigenvalue weighted by Gasteiger charge is 2.32. The second-order valence-corrected chi connectivity index (χ2v) is 3.44. The van der Waals surface area contributed by atoms with Gasteiger partial charge >= 0.3 is 6.18 Å². The highest BCUT2D eigenvalue weighted by molar-refractivity contribution is 5.25. The van der Waals surface area contributed by atoms with Crippen molar-refractivity contribution in [2.45, 2.75) is 12.6 Å². The molecule has 0 spiro atoms. The highest BCUT2D eigenvalue weighted by atomic mass is 19.4. The van der Waals surface area contributed by atoms with E-state index in [1.165, 1.54) is 0 Å². The fourth-order valence-corrected chi connectivity index (χ4v) is 1.16. The van der Waals surface area contributed by atoms with Gasteiger partial charge in [-0.25, -0.2) is 9.97 Å². The summed E-state index contributed by atoms with van der Waals surface area (Å²) < 4.78 is 42.1. The van der Waals surface area contributed by atoms with Crippen molar-refractivity contribution in [3.63, 3.8) is 0 Å². The Morgan fingerprint density at radius 1 is 1.33 bits per heavy atom. The Kier molecular flexibility index (Phi) is 5.79. The van der Waals surface area contributed by atoms with Crippen molar-refractivity contribution in [2.24, 2.45) is 5.73 Å². The van der Waals surface area contributed by atoms with Crippen LogP contribution in [-0.2, 0) is 10.9 Å². The van der Waals surface area contributed by atoms with Crippen LogP contribution < -0.4 is 11.1 Å². The molecule has 0 aromatic carbocycles. The number of alkyl halides is 3. The summed E-state index contributed by atoms with van der Waals surface area (Å²) in [5.41, 5.74) is 4.27. The fourth-order valence-electron chi connectivity index (χ4n) is 1.16. The van der Waals surface area contributed by atoms with Crippen LogP contribution in [0.25, 0.3) is 0 Å². The number of ether oxygens (including phenoxy) is 1. The number of hydrogen-bond acceptors (Lipinski definition) is 5. The van der Waals surface area contributed by atoms with Crippen LogP contribution in [0.1, 0.15) is 12.1 Å². The normalized spacial score (nSPS) is 11.6. The van der Waals surface area contributed by atoms with Crippen LogP contribution in [0.15, 0.2) is 12.3 Å². The first-order chi connectivity index (χ1) is 8.54. The Hall–Kier alpha value is -1.41. The Labute approximate surface area is 103 Å². The van der Waals surface area contributed by atoms with Crippen LogP contribution in [-0.4, -0.2) is 36.3 Å². The summed E-state index contributed by atoms with van der Waals surface area (Å²) in [5.74, 6) is -0.0383. The van der Waals surface area contributed by atoms with Gasteiger partial charge in [0, 0.05) is 25.9 Å². The Balaban J connectivity index is 2.34. The molecule has 1 rings (SSSR count). The quantitative estimate of drug-likeness (QED) is 0.726. The largest absolute Gasteiger partial charge is 0.433 e. The van der Waals surface area contributed by atoms with Crippen molar-refractivity contribution in [3.05, 3.63) is 18.0 Å². The lowest BCUT2D eigenvalue weighted by Gasteiger charge is -2.08. The molecule has 5 nitrogen and oxygen atoms in total. The number of anilines is 1. The van der Waals surface area contributed by atoms with Crippen LogP contribution >= 0.6 is 0 Å². The lowest BCUT2D eigenvalue weighted by Crippen LogP contribution is -2.14. The maximum absolute atomic E-state index is 12.3. The van der Waals surface area contributed by atoms with Crippen molar-refractivity contribution in [1.82, 2.24) is 9.97 Å². The number of nitrogens with zero attached hydrogens (tertiary/aromatic N) is 2. The van der Waals surface area contributed by atoms with E-state index in [1.807, 2.05) is 0 Å². The van der Waals surface area contributed by atoms with Crippen molar-refractivity contribution in [3.8, 4) is 0 Å². The second-order valence-electron chi connectivity index (χ2n) is 3.44. The molecule has 1 aromatic heterocycles. The van der Waals surface area contributed by atoms with E-state index in [0.29, 0.717) is 32.7 Å². The van der Waals surface area contributed by atoms with Gasteiger partial charge in [-0.05, 0) is 12.5 Å². The Bertz CT molecular complexity index is 359. The maximum Gasteiger partial charge on any atom is 0.433 e. The van der Waals surface area contributed by atoms with Crippen molar-refractivity contribution >= 4 is 5.95 Å². The summed E-state index contributed by atoms with van der Waals surface area (Å²) in [7, 11) is 0. The highest BCUT2D eigenvalue weighted by Crippen LogP contribution is 2.27. The van der Waals surface area contributed by atoms with Crippen LogP contribution in [0.2, 0.25) is 0 Å². The topological polar surface area (TPSA) is 73.1 Å². The number of rotatable bonds is 7. The lowest BCUT2D eigenvalue weighted by molar-refractivity contribution is -0.141. The minimum atomic E-state index is -4.45. The van der Waals surface area contributed by atoms with E-state index in [4.69, 9.17) is 10.5 Å². The third-order valence-electron chi connectivity index (χ3n) is 1.96. The second kappa shape index (κ2) is 7.12. The van der Waals surface area contributed by atoms with Gasteiger partial charge in [-0.2, -0.15) is 13.2 Å². The molecule has 18 heavy (non-hydrogen) atoms. The van der Waals surface area contributed by atoms with E-state index in [-0.39, 0.29) is 5.95 Å². The van der Waals surface area contributed by atoms with E-state index in [2.05, 4.69) is 15.3 Å². The zero-order chi connectivity index (χ0) is 13.4. The fraction of sp³-hybridized carbons (Fsp3) is 0.600. The molecule has 0 radical (unpaired) electrons.